The van der Waals surface area contributed by atoms with Gasteiger partial charge in [0.05, 0.1) is 10.4 Å². The average Bonchev–Trinajstić information content (AvgIpc) is 3.26. The molecule has 0 atom stereocenters. The highest BCUT2D eigenvalue weighted by Crippen LogP contribution is 2.49. The Morgan fingerprint density at radius 2 is 1.86 bits per heavy atom. The lowest BCUT2D eigenvalue weighted by atomic mass is 9.88. The van der Waals surface area contributed by atoms with Gasteiger partial charge in [0, 0.05) is 12.1 Å². The molecular weight excluding hydrogens is 289 g/mol. The zero-order chi connectivity index (χ0) is 15.0. The highest BCUT2D eigenvalue weighted by molar-refractivity contribution is 6.31. The first-order valence-corrected chi connectivity index (χ1v) is 7.23. The Morgan fingerprint density at radius 3 is 2.48 bits per heavy atom. The quantitative estimate of drug-likeness (QED) is 0.870. The van der Waals surface area contributed by atoms with E-state index in [1.807, 2.05) is 12.1 Å². The van der Waals surface area contributed by atoms with Gasteiger partial charge in [0.15, 0.2) is 0 Å². The van der Waals surface area contributed by atoms with Crippen LogP contribution in [0.4, 0.5) is 10.1 Å². The topological polar surface area (TPSA) is 43.1 Å². The first-order valence-electron chi connectivity index (χ1n) is 6.85. The monoisotopic (exact) mass is 303 g/mol. The normalized spacial score (nSPS) is 15.7. The third-order valence-corrected chi connectivity index (χ3v) is 4.55. The van der Waals surface area contributed by atoms with Crippen molar-refractivity contribution >= 4 is 23.1 Å². The molecule has 0 amide bonds. The smallest absolute Gasteiger partial charge is 0.147 e. The summed E-state index contributed by atoms with van der Waals surface area (Å²) < 4.78 is 13.5. The van der Waals surface area contributed by atoms with Crippen LogP contribution in [0.2, 0.25) is 5.02 Å². The standard InChI is InChI=1S/C17H15ClFNO/c18-16-11(2-1-3-14(16)19)10-15(21)17(8-9-17)12-4-6-13(20)7-5-12/h1-7H,8-10,20H2. The number of ketones is 1. The van der Waals surface area contributed by atoms with Crippen LogP contribution in [0.1, 0.15) is 24.0 Å². The van der Waals surface area contributed by atoms with Gasteiger partial charge >= 0.3 is 0 Å². The van der Waals surface area contributed by atoms with E-state index >= 15 is 0 Å². The maximum atomic E-state index is 13.5. The number of halogens is 2. The Bertz CT molecular complexity index is 692. The summed E-state index contributed by atoms with van der Waals surface area (Å²) in [5.41, 5.74) is 7.44. The molecule has 1 aliphatic rings. The van der Waals surface area contributed by atoms with E-state index in [-0.39, 0.29) is 17.2 Å². The van der Waals surface area contributed by atoms with Crippen LogP contribution in [0.3, 0.4) is 0 Å². The van der Waals surface area contributed by atoms with E-state index in [1.54, 1.807) is 24.3 Å². The molecule has 0 unspecified atom stereocenters. The maximum absolute atomic E-state index is 13.5. The van der Waals surface area contributed by atoms with Gasteiger partial charge in [-0.15, -0.1) is 0 Å². The van der Waals surface area contributed by atoms with E-state index in [0.717, 1.165) is 18.4 Å². The minimum atomic E-state index is -0.487. The summed E-state index contributed by atoms with van der Waals surface area (Å²) in [6.07, 6.45) is 1.80. The zero-order valence-corrected chi connectivity index (χ0v) is 12.2. The van der Waals surface area contributed by atoms with Crippen molar-refractivity contribution in [2.75, 3.05) is 5.73 Å². The average molecular weight is 304 g/mol. The van der Waals surface area contributed by atoms with Gasteiger partial charge in [-0.2, -0.15) is 0 Å². The van der Waals surface area contributed by atoms with E-state index in [2.05, 4.69) is 0 Å². The first-order chi connectivity index (χ1) is 10.0. The molecule has 2 N–H and O–H groups in total. The minimum absolute atomic E-state index is 0.0407. The second kappa shape index (κ2) is 5.15. The van der Waals surface area contributed by atoms with Crippen LogP contribution in [-0.2, 0) is 16.6 Å². The van der Waals surface area contributed by atoms with E-state index in [1.165, 1.54) is 6.07 Å². The number of benzene rings is 2. The van der Waals surface area contributed by atoms with Gasteiger partial charge in [-0.3, -0.25) is 4.79 Å². The number of hydrogen-bond acceptors (Lipinski definition) is 2. The summed E-state index contributed by atoms with van der Waals surface area (Å²) in [6.45, 7) is 0. The molecule has 108 valence electrons. The summed E-state index contributed by atoms with van der Waals surface area (Å²) in [5, 5.41) is 0.0407. The number of nitrogen functional groups attached to an aromatic ring is 1. The van der Waals surface area contributed by atoms with Crippen molar-refractivity contribution in [1.82, 2.24) is 0 Å². The lowest BCUT2D eigenvalue weighted by Gasteiger charge is -2.15. The molecule has 0 heterocycles. The van der Waals surface area contributed by atoms with Crippen LogP contribution in [0.5, 0.6) is 0 Å². The van der Waals surface area contributed by atoms with Gasteiger partial charge in [-0.05, 0) is 42.2 Å². The molecule has 2 nitrogen and oxygen atoms in total. The fourth-order valence-corrected chi connectivity index (χ4v) is 2.88. The van der Waals surface area contributed by atoms with Crippen LogP contribution >= 0.6 is 11.6 Å². The van der Waals surface area contributed by atoms with Gasteiger partial charge in [-0.1, -0.05) is 35.9 Å². The van der Waals surface area contributed by atoms with E-state index < -0.39 is 11.2 Å². The SMILES string of the molecule is Nc1ccc(C2(C(=O)Cc3cccc(F)c3Cl)CC2)cc1. The van der Waals surface area contributed by atoms with Gasteiger partial charge in [-0.25, -0.2) is 4.39 Å². The van der Waals surface area contributed by atoms with Crippen molar-refractivity contribution in [1.29, 1.82) is 0 Å². The fourth-order valence-electron chi connectivity index (χ4n) is 2.68. The molecule has 1 fully saturated rings. The molecule has 3 rings (SSSR count). The molecule has 1 aliphatic carbocycles. The molecule has 4 heteroatoms. The number of anilines is 1. The Balaban J connectivity index is 1.85. The Kier molecular flexibility index (Phi) is 3.46. The van der Waals surface area contributed by atoms with Gasteiger partial charge < -0.3 is 5.73 Å². The Labute approximate surface area is 127 Å². The number of nitrogens with two attached hydrogens (primary N) is 1. The van der Waals surface area contributed by atoms with E-state index in [4.69, 9.17) is 17.3 Å². The zero-order valence-electron chi connectivity index (χ0n) is 11.4. The third kappa shape index (κ3) is 2.54. The van der Waals surface area contributed by atoms with Crippen LogP contribution in [0.15, 0.2) is 42.5 Å². The number of Topliss-reactive ketones (excluding diaryl/α,β-unsaturated/α-hetero) is 1. The first kappa shape index (κ1) is 14.1. The fraction of sp³-hybridized carbons (Fsp3) is 0.235. The van der Waals surface area contributed by atoms with Crippen LogP contribution in [0, 0.1) is 5.82 Å². The molecule has 0 aromatic heterocycles. The minimum Gasteiger partial charge on any atom is -0.399 e. The Morgan fingerprint density at radius 1 is 1.19 bits per heavy atom. The third-order valence-electron chi connectivity index (χ3n) is 4.13. The predicted octanol–water partition coefficient (Wildman–Crippen LogP) is 3.90. The van der Waals surface area contributed by atoms with Gasteiger partial charge in [0.1, 0.15) is 11.6 Å². The Hall–Kier alpha value is -1.87. The van der Waals surface area contributed by atoms with Crippen molar-refractivity contribution in [2.24, 2.45) is 0 Å². The summed E-state index contributed by atoms with van der Waals surface area (Å²) in [5.74, 6) is -0.404. The number of rotatable bonds is 4. The largest absolute Gasteiger partial charge is 0.399 e. The van der Waals surface area contributed by atoms with Gasteiger partial charge in [0.2, 0.25) is 0 Å². The molecule has 0 saturated heterocycles. The molecule has 0 bridgehead atoms. The lowest BCUT2D eigenvalue weighted by Crippen LogP contribution is -2.22. The van der Waals surface area contributed by atoms with Gasteiger partial charge in [0.25, 0.3) is 0 Å². The number of carbonyl (C=O) groups excluding carboxylic acids is 1. The maximum Gasteiger partial charge on any atom is 0.147 e. The molecule has 0 radical (unpaired) electrons. The summed E-state index contributed by atoms with van der Waals surface area (Å²) in [7, 11) is 0. The van der Waals surface area contributed by atoms with Crippen molar-refractivity contribution in [3.8, 4) is 0 Å². The molecule has 21 heavy (non-hydrogen) atoms. The van der Waals surface area contributed by atoms with Crippen LogP contribution < -0.4 is 5.73 Å². The van der Waals surface area contributed by atoms with Crippen LogP contribution in [-0.4, -0.2) is 5.78 Å². The van der Waals surface area contributed by atoms with Crippen molar-refractivity contribution in [3.63, 3.8) is 0 Å². The summed E-state index contributed by atoms with van der Waals surface area (Å²) in [6, 6.07) is 12.0. The van der Waals surface area contributed by atoms with Crippen molar-refractivity contribution in [3.05, 3.63) is 64.4 Å². The van der Waals surface area contributed by atoms with E-state index in [9.17, 15) is 9.18 Å². The number of hydrogen-bond donors (Lipinski definition) is 1. The molecule has 0 spiro atoms. The predicted molar refractivity (Wildman–Crippen MR) is 81.9 cm³/mol. The van der Waals surface area contributed by atoms with Crippen molar-refractivity contribution in [2.45, 2.75) is 24.7 Å². The molecular formula is C17H15ClFNO. The van der Waals surface area contributed by atoms with Crippen molar-refractivity contribution < 1.29 is 9.18 Å². The lowest BCUT2D eigenvalue weighted by molar-refractivity contribution is -0.120. The molecule has 2 aromatic rings. The highest BCUT2D eigenvalue weighted by atomic mass is 35.5. The summed E-state index contributed by atoms with van der Waals surface area (Å²) >= 11 is 5.93. The second-order valence-corrected chi connectivity index (χ2v) is 5.89. The number of carbonyl (C=O) groups is 1. The highest BCUT2D eigenvalue weighted by Gasteiger charge is 2.50. The van der Waals surface area contributed by atoms with E-state index in [0.29, 0.717) is 11.3 Å². The summed E-state index contributed by atoms with van der Waals surface area (Å²) in [4.78, 5) is 12.6. The molecule has 2 aromatic carbocycles. The van der Waals surface area contributed by atoms with Crippen LogP contribution in [0.25, 0.3) is 0 Å². The second-order valence-electron chi connectivity index (χ2n) is 5.52. The molecule has 0 aliphatic heterocycles. The molecule has 1 saturated carbocycles.